The number of aromatic nitrogens is 5. The van der Waals surface area contributed by atoms with Crippen LogP contribution in [0.3, 0.4) is 0 Å². The van der Waals surface area contributed by atoms with Crippen molar-refractivity contribution in [3.05, 3.63) is 200 Å². The monoisotopic (exact) mass is 763 g/mol. The number of hydrogen-bond donors (Lipinski definition) is 0. The van der Waals surface area contributed by atoms with Crippen LogP contribution in [0.4, 0.5) is 0 Å². The van der Waals surface area contributed by atoms with E-state index >= 15 is 0 Å². The van der Waals surface area contributed by atoms with Gasteiger partial charge in [0.2, 0.25) is 0 Å². The number of benzene rings is 9. The SMILES string of the molecule is c1ccc(-c2cccc(-c3nc(-c4ccccc4)nc(-c4cccc(-n5c6cc7c(cc6c6c8ccccc8ccc65)c5cccc6c8ccccc8n7c65)c4)n3)c2)cc1. The van der Waals surface area contributed by atoms with Gasteiger partial charge in [0.15, 0.2) is 17.5 Å². The first-order valence-corrected chi connectivity index (χ1v) is 20.4. The van der Waals surface area contributed by atoms with Crippen molar-refractivity contribution in [3.63, 3.8) is 0 Å². The molecule has 4 heterocycles. The number of nitrogens with zero attached hydrogens (tertiary/aromatic N) is 5. The molecule has 0 atom stereocenters. The van der Waals surface area contributed by atoms with Crippen LogP contribution in [0.1, 0.15) is 0 Å². The highest BCUT2D eigenvalue weighted by molar-refractivity contribution is 6.28. The molecular formula is C55H33N5. The van der Waals surface area contributed by atoms with Gasteiger partial charge in [0, 0.05) is 54.7 Å². The van der Waals surface area contributed by atoms with Crippen molar-refractivity contribution in [2.45, 2.75) is 0 Å². The first kappa shape index (κ1) is 32.9. The maximum atomic E-state index is 5.20. The Labute approximate surface area is 344 Å². The van der Waals surface area contributed by atoms with Crippen LogP contribution in [-0.2, 0) is 0 Å². The predicted octanol–water partition coefficient (Wildman–Crippen LogP) is 13.9. The van der Waals surface area contributed by atoms with Crippen LogP contribution in [0.2, 0.25) is 0 Å². The highest BCUT2D eigenvalue weighted by Crippen LogP contribution is 2.44. The standard InChI is InChI=1S/C55H33N5/c1-3-14-34(15-4-1)37-19-11-20-38(30-37)54-56-53(36-17-5-2-6-18-36)57-55(58-54)39-21-12-22-40(31-39)59-48-29-28-35-16-7-8-23-41(35)51(48)46-32-45-44-26-13-25-43-42-24-9-10-27-47(42)60(52(43)44)49(45)33-50(46)59/h1-33H. The molecule has 13 rings (SSSR count). The second kappa shape index (κ2) is 12.7. The van der Waals surface area contributed by atoms with E-state index in [0.717, 1.165) is 44.5 Å². The van der Waals surface area contributed by atoms with Gasteiger partial charge in [-0.3, -0.25) is 0 Å². The summed E-state index contributed by atoms with van der Waals surface area (Å²) < 4.78 is 4.89. The Morgan fingerprint density at radius 3 is 1.68 bits per heavy atom. The molecule has 0 aliphatic carbocycles. The average Bonchev–Trinajstić information content (AvgIpc) is 3.96. The zero-order valence-electron chi connectivity index (χ0n) is 32.3. The summed E-state index contributed by atoms with van der Waals surface area (Å²) in [6.07, 6.45) is 0. The molecule has 0 fully saturated rings. The van der Waals surface area contributed by atoms with Crippen LogP contribution in [0.15, 0.2) is 200 Å². The average molecular weight is 764 g/mol. The van der Waals surface area contributed by atoms with Gasteiger partial charge in [-0.1, -0.05) is 158 Å². The molecule has 0 N–H and O–H groups in total. The summed E-state index contributed by atoms with van der Waals surface area (Å²) >= 11 is 0. The van der Waals surface area contributed by atoms with Gasteiger partial charge in [-0.25, -0.2) is 15.0 Å². The molecule has 0 spiro atoms. The first-order valence-electron chi connectivity index (χ1n) is 20.4. The third kappa shape index (κ3) is 4.84. The molecule has 0 aliphatic rings. The Bertz CT molecular complexity index is 3820. The van der Waals surface area contributed by atoms with Gasteiger partial charge in [0.05, 0.1) is 27.6 Å². The molecule has 0 aliphatic heterocycles. The van der Waals surface area contributed by atoms with E-state index in [1.54, 1.807) is 0 Å². The summed E-state index contributed by atoms with van der Waals surface area (Å²) in [6.45, 7) is 0. The van der Waals surface area contributed by atoms with Crippen LogP contribution < -0.4 is 0 Å². The van der Waals surface area contributed by atoms with Crippen LogP contribution >= 0.6 is 0 Å². The third-order valence-electron chi connectivity index (χ3n) is 12.3. The molecule has 0 saturated heterocycles. The molecule has 0 bridgehead atoms. The van der Waals surface area contributed by atoms with E-state index in [-0.39, 0.29) is 0 Å². The van der Waals surface area contributed by atoms with E-state index in [0.29, 0.717) is 17.5 Å². The van der Waals surface area contributed by atoms with Crippen molar-refractivity contribution in [1.82, 2.24) is 23.9 Å². The van der Waals surface area contributed by atoms with E-state index in [2.05, 4.69) is 185 Å². The van der Waals surface area contributed by atoms with Crippen molar-refractivity contribution in [2.75, 3.05) is 0 Å². The quantitative estimate of drug-likeness (QED) is 0.175. The lowest BCUT2D eigenvalue weighted by Gasteiger charge is -2.12. The second-order valence-corrected chi connectivity index (χ2v) is 15.6. The molecule has 0 amide bonds. The molecule has 278 valence electrons. The fourth-order valence-electron chi connectivity index (χ4n) is 9.59. The van der Waals surface area contributed by atoms with Crippen molar-refractivity contribution in [2.24, 2.45) is 0 Å². The molecule has 5 nitrogen and oxygen atoms in total. The lowest BCUT2D eigenvalue weighted by Crippen LogP contribution is -2.01. The largest absolute Gasteiger partial charge is 0.309 e. The van der Waals surface area contributed by atoms with Crippen LogP contribution in [0, 0.1) is 0 Å². The van der Waals surface area contributed by atoms with E-state index in [4.69, 9.17) is 15.0 Å². The highest BCUT2D eigenvalue weighted by atomic mass is 15.0. The van der Waals surface area contributed by atoms with Crippen molar-refractivity contribution >= 4 is 70.7 Å². The maximum absolute atomic E-state index is 5.20. The van der Waals surface area contributed by atoms with Gasteiger partial charge < -0.3 is 8.97 Å². The van der Waals surface area contributed by atoms with E-state index in [1.165, 1.54) is 59.6 Å². The van der Waals surface area contributed by atoms with Crippen molar-refractivity contribution in [1.29, 1.82) is 0 Å². The molecular weight excluding hydrogens is 731 g/mol. The van der Waals surface area contributed by atoms with Crippen LogP contribution in [0.5, 0.6) is 0 Å². The zero-order valence-corrected chi connectivity index (χ0v) is 32.3. The Morgan fingerprint density at radius 2 is 0.883 bits per heavy atom. The van der Waals surface area contributed by atoms with Crippen molar-refractivity contribution in [3.8, 4) is 51.0 Å². The van der Waals surface area contributed by atoms with Crippen molar-refractivity contribution < 1.29 is 0 Å². The normalized spacial score (nSPS) is 12.0. The molecule has 9 aromatic carbocycles. The fraction of sp³-hybridized carbons (Fsp3) is 0. The van der Waals surface area contributed by atoms with Gasteiger partial charge in [0.1, 0.15) is 0 Å². The maximum Gasteiger partial charge on any atom is 0.164 e. The number of para-hydroxylation sites is 2. The molecule has 4 aromatic heterocycles. The number of hydrogen-bond acceptors (Lipinski definition) is 3. The molecule has 13 aromatic rings. The van der Waals surface area contributed by atoms with Gasteiger partial charge in [-0.05, 0) is 64.4 Å². The molecule has 0 saturated carbocycles. The Kier molecular flexibility index (Phi) is 6.95. The van der Waals surface area contributed by atoms with Gasteiger partial charge in [-0.15, -0.1) is 0 Å². The molecule has 60 heavy (non-hydrogen) atoms. The summed E-state index contributed by atoms with van der Waals surface area (Å²) in [7, 11) is 0. The topological polar surface area (TPSA) is 48.0 Å². The Balaban J connectivity index is 1.06. The summed E-state index contributed by atoms with van der Waals surface area (Å²) in [4.78, 5) is 15.4. The summed E-state index contributed by atoms with van der Waals surface area (Å²) in [6, 6.07) is 71.4. The molecule has 0 unspecified atom stereocenters. The minimum atomic E-state index is 0.620. The van der Waals surface area contributed by atoms with Gasteiger partial charge in [-0.2, -0.15) is 0 Å². The Morgan fingerprint density at radius 1 is 0.300 bits per heavy atom. The summed E-state index contributed by atoms with van der Waals surface area (Å²) in [5, 5.41) is 10.0. The summed E-state index contributed by atoms with van der Waals surface area (Å²) in [5.41, 5.74) is 12.1. The van der Waals surface area contributed by atoms with E-state index in [9.17, 15) is 0 Å². The lowest BCUT2D eigenvalue weighted by molar-refractivity contribution is 1.07. The summed E-state index contributed by atoms with van der Waals surface area (Å²) in [5.74, 6) is 1.88. The Hall–Kier alpha value is -8.15. The number of rotatable bonds is 5. The zero-order chi connectivity index (χ0) is 39.3. The fourth-order valence-corrected chi connectivity index (χ4v) is 9.59. The minimum Gasteiger partial charge on any atom is -0.309 e. The molecule has 5 heteroatoms. The van der Waals surface area contributed by atoms with Crippen LogP contribution in [0.25, 0.3) is 122 Å². The lowest BCUT2D eigenvalue weighted by atomic mass is 10.0. The van der Waals surface area contributed by atoms with E-state index < -0.39 is 0 Å². The number of fused-ring (bicyclic) bond motifs is 11. The van der Waals surface area contributed by atoms with Gasteiger partial charge in [0.25, 0.3) is 0 Å². The van der Waals surface area contributed by atoms with Gasteiger partial charge >= 0.3 is 0 Å². The predicted molar refractivity (Wildman–Crippen MR) is 248 cm³/mol. The van der Waals surface area contributed by atoms with E-state index in [1.807, 2.05) is 24.3 Å². The first-order chi connectivity index (χ1) is 29.7. The second-order valence-electron chi connectivity index (χ2n) is 15.6. The van der Waals surface area contributed by atoms with Crippen LogP contribution in [-0.4, -0.2) is 23.9 Å². The third-order valence-corrected chi connectivity index (χ3v) is 12.3. The smallest absolute Gasteiger partial charge is 0.164 e. The highest BCUT2D eigenvalue weighted by Gasteiger charge is 2.22. The molecule has 0 radical (unpaired) electrons. The minimum absolute atomic E-state index is 0.620.